The lowest BCUT2D eigenvalue weighted by Gasteiger charge is -2.23. The summed E-state index contributed by atoms with van der Waals surface area (Å²) in [6.07, 6.45) is 0. The minimum Gasteiger partial charge on any atom is -0.372 e. The number of anilines is 1. The molecule has 0 spiro atoms. The number of hydrogen-bond acceptors (Lipinski definition) is 7. The Morgan fingerprint density at radius 2 is 1.60 bits per heavy atom. The molecule has 0 saturated heterocycles. The third-order valence-corrected chi connectivity index (χ3v) is 4.96. The van der Waals surface area contributed by atoms with Crippen LogP contribution in [0.2, 0.25) is 5.02 Å². The van der Waals surface area contributed by atoms with Crippen LogP contribution in [0.3, 0.4) is 0 Å². The molecule has 0 aliphatic rings. The highest BCUT2D eigenvalue weighted by atomic mass is 35.5. The van der Waals surface area contributed by atoms with Crippen molar-refractivity contribution < 1.29 is 9.85 Å². The van der Waals surface area contributed by atoms with Gasteiger partial charge in [-0.1, -0.05) is 35.9 Å². The maximum absolute atomic E-state index is 11.4. The summed E-state index contributed by atoms with van der Waals surface area (Å²) in [5.74, 6) is 0. The van der Waals surface area contributed by atoms with Gasteiger partial charge in [-0.25, -0.2) is 0 Å². The average molecular weight is 428 g/mol. The van der Waals surface area contributed by atoms with E-state index in [0.717, 1.165) is 41.7 Å². The van der Waals surface area contributed by atoms with E-state index in [1.54, 1.807) is 6.07 Å². The third kappa shape index (κ3) is 4.06. The fraction of sp³-hybridized carbons (Fsp3) is 0.200. The molecule has 0 fully saturated rings. The molecule has 0 aliphatic heterocycles. The van der Waals surface area contributed by atoms with Crippen LogP contribution in [0.5, 0.6) is 0 Å². The van der Waals surface area contributed by atoms with E-state index in [0.29, 0.717) is 5.69 Å². The maximum Gasteiger partial charge on any atom is 0.305 e. The van der Waals surface area contributed by atoms with Gasteiger partial charge in [0, 0.05) is 35.6 Å². The molecule has 0 aromatic heterocycles. The largest absolute Gasteiger partial charge is 0.372 e. The number of nitrogens with zero attached hydrogens (tertiary/aromatic N) is 5. The Hall–Kier alpha value is -3.59. The first kappa shape index (κ1) is 21.1. The molecular weight excluding hydrogens is 410 g/mol. The maximum atomic E-state index is 11.4. The number of non-ortho nitro benzene ring substituents is 1. The number of fused-ring (bicyclic) bond motifs is 1. The molecule has 154 valence electrons. The van der Waals surface area contributed by atoms with Gasteiger partial charge < -0.3 is 4.90 Å². The summed E-state index contributed by atoms with van der Waals surface area (Å²) in [5.41, 5.74) is 0.255. The van der Waals surface area contributed by atoms with Crippen molar-refractivity contribution in [2.45, 2.75) is 13.8 Å². The van der Waals surface area contributed by atoms with Gasteiger partial charge in [-0.3, -0.25) is 20.2 Å². The number of nitro benzene ring substituents is 2. The lowest BCUT2D eigenvalue weighted by atomic mass is 10.1. The number of hydrogen-bond donors (Lipinski definition) is 0. The Kier molecular flexibility index (Phi) is 6.22. The van der Waals surface area contributed by atoms with E-state index < -0.39 is 21.2 Å². The van der Waals surface area contributed by atoms with Crippen LogP contribution >= 0.6 is 11.6 Å². The molecule has 9 nitrogen and oxygen atoms in total. The molecule has 3 aromatic rings. The van der Waals surface area contributed by atoms with Gasteiger partial charge in [-0.15, -0.1) is 10.2 Å². The summed E-state index contributed by atoms with van der Waals surface area (Å²) in [4.78, 5) is 23.0. The second kappa shape index (κ2) is 8.83. The van der Waals surface area contributed by atoms with Crippen molar-refractivity contribution in [3.63, 3.8) is 0 Å². The van der Waals surface area contributed by atoms with Gasteiger partial charge in [0.25, 0.3) is 5.69 Å². The van der Waals surface area contributed by atoms with Gasteiger partial charge >= 0.3 is 5.69 Å². The number of rotatable bonds is 7. The molecule has 3 aromatic carbocycles. The van der Waals surface area contributed by atoms with Crippen LogP contribution in [0.25, 0.3) is 10.8 Å². The van der Waals surface area contributed by atoms with E-state index in [9.17, 15) is 20.2 Å². The van der Waals surface area contributed by atoms with Gasteiger partial charge in [-0.2, -0.15) is 0 Å². The van der Waals surface area contributed by atoms with Crippen LogP contribution < -0.4 is 4.90 Å². The summed E-state index contributed by atoms with van der Waals surface area (Å²) in [5, 5.41) is 32.1. The minimum absolute atomic E-state index is 0.219. The second-order valence-corrected chi connectivity index (χ2v) is 6.74. The van der Waals surface area contributed by atoms with E-state index in [1.165, 1.54) is 0 Å². The normalized spacial score (nSPS) is 11.2. The minimum atomic E-state index is -0.769. The molecule has 0 aliphatic carbocycles. The molecule has 0 unspecified atom stereocenters. The van der Waals surface area contributed by atoms with Crippen LogP contribution in [0.1, 0.15) is 13.8 Å². The summed E-state index contributed by atoms with van der Waals surface area (Å²) in [6.45, 7) is 5.82. The zero-order valence-electron chi connectivity index (χ0n) is 16.3. The highest BCUT2D eigenvalue weighted by Crippen LogP contribution is 2.41. The topological polar surface area (TPSA) is 114 Å². The van der Waals surface area contributed by atoms with Crippen molar-refractivity contribution in [2.75, 3.05) is 18.0 Å². The molecule has 0 N–H and O–H groups in total. The van der Waals surface area contributed by atoms with Gasteiger partial charge in [-0.05, 0) is 26.0 Å². The Morgan fingerprint density at radius 3 is 2.20 bits per heavy atom. The quantitative estimate of drug-likeness (QED) is 0.240. The number of benzene rings is 3. The van der Waals surface area contributed by atoms with Crippen LogP contribution in [0.15, 0.2) is 58.8 Å². The van der Waals surface area contributed by atoms with Gasteiger partial charge in [0.2, 0.25) is 0 Å². The predicted molar refractivity (Wildman–Crippen MR) is 116 cm³/mol. The second-order valence-electron chi connectivity index (χ2n) is 6.33. The molecule has 0 saturated carbocycles. The molecule has 0 radical (unpaired) electrons. The number of halogens is 1. The Morgan fingerprint density at radius 1 is 0.933 bits per heavy atom. The molecule has 0 atom stereocenters. The first-order valence-corrected chi connectivity index (χ1v) is 9.55. The van der Waals surface area contributed by atoms with Crippen molar-refractivity contribution in [2.24, 2.45) is 10.2 Å². The van der Waals surface area contributed by atoms with E-state index in [1.807, 2.05) is 30.3 Å². The molecule has 0 amide bonds. The Bertz CT molecular complexity index is 1160. The Balaban J connectivity index is 2.13. The molecule has 3 rings (SSSR count). The predicted octanol–water partition coefficient (Wildman–Crippen LogP) is 6.57. The van der Waals surface area contributed by atoms with Gasteiger partial charge in [0.1, 0.15) is 0 Å². The standard InChI is InChI=1S/C20H18ClN5O4/c1-3-24(4-2)18-10-9-17(14-7-5-6-8-15(14)18)22-23-20-16(21)11-13(25(27)28)12-19(20)26(29)30/h5-12H,3-4H2,1-2H3. The summed E-state index contributed by atoms with van der Waals surface area (Å²) < 4.78 is 0. The van der Waals surface area contributed by atoms with E-state index >= 15 is 0 Å². The van der Waals surface area contributed by atoms with Crippen LogP contribution in [-0.4, -0.2) is 22.9 Å². The van der Waals surface area contributed by atoms with Crippen molar-refractivity contribution in [3.05, 3.63) is 73.8 Å². The molecule has 30 heavy (non-hydrogen) atoms. The molecule has 10 heteroatoms. The zero-order valence-corrected chi connectivity index (χ0v) is 17.0. The number of azo groups is 1. The average Bonchev–Trinajstić information content (AvgIpc) is 2.73. The van der Waals surface area contributed by atoms with Crippen LogP contribution in [0.4, 0.5) is 28.4 Å². The molecule has 0 heterocycles. The molecular formula is C20H18ClN5O4. The highest BCUT2D eigenvalue weighted by molar-refractivity contribution is 6.33. The Labute approximate surface area is 176 Å². The third-order valence-electron chi connectivity index (χ3n) is 4.68. The lowest BCUT2D eigenvalue weighted by Crippen LogP contribution is -2.21. The van der Waals surface area contributed by atoms with Crippen LogP contribution in [-0.2, 0) is 0 Å². The highest BCUT2D eigenvalue weighted by Gasteiger charge is 2.23. The summed E-state index contributed by atoms with van der Waals surface area (Å²) in [7, 11) is 0. The first-order chi connectivity index (χ1) is 14.4. The van der Waals surface area contributed by atoms with Gasteiger partial charge in [0.15, 0.2) is 5.69 Å². The summed E-state index contributed by atoms with van der Waals surface area (Å²) in [6, 6.07) is 13.2. The van der Waals surface area contributed by atoms with Gasteiger partial charge in [0.05, 0.1) is 26.6 Å². The lowest BCUT2D eigenvalue weighted by molar-refractivity contribution is -0.393. The van der Waals surface area contributed by atoms with E-state index in [2.05, 4.69) is 29.0 Å². The van der Waals surface area contributed by atoms with E-state index in [-0.39, 0.29) is 10.7 Å². The van der Waals surface area contributed by atoms with Crippen LogP contribution in [0, 0.1) is 20.2 Å². The monoisotopic (exact) mass is 427 g/mol. The SMILES string of the molecule is CCN(CC)c1ccc(N=Nc2c(Cl)cc([N+](=O)[O-])cc2[N+](=O)[O-])c2ccccc12. The van der Waals surface area contributed by atoms with Crippen molar-refractivity contribution in [3.8, 4) is 0 Å². The molecule has 0 bridgehead atoms. The van der Waals surface area contributed by atoms with Crippen molar-refractivity contribution in [1.82, 2.24) is 0 Å². The number of nitro groups is 2. The van der Waals surface area contributed by atoms with E-state index in [4.69, 9.17) is 11.6 Å². The smallest absolute Gasteiger partial charge is 0.305 e. The fourth-order valence-electron chi connectivity index (χ4n) is 3.21. The first-order valence-electron chi connectivity index (χ1n) is 9.18. The fourth-order valence-corrected chi connectivity index (χ4v) is 3.46. The summed E-state index contributed by atoms with van der Waals surface area (Å²) >= 11 is 6.04. The van der Waals surface area contributed by atoms with Crippen molar-refractivity contribution in [1.29, 1.82) is 0 Å². The van der Waals surface area contributed by atoms with Crippen molar-refractivity contribution >= 4 is 50.8 Å². The zero-order chi connectivity index (χ0) is 21.8.